The normalized spacial score (nSPS) is 22.3. The summed E-state index contributed by atoms with van der Waals surface area (Å²) in [7, 11) is -3.44. The topological polar surface area (TPSA) is 79.4 Å². The second-order valence-corrected chi connectivity index (χ2v) is 10.6. The molecule has 1 aromatic heterocycles. The number of hydrogen-bond donors (Lipinski definition) is 1. The number of nitrogens with one attached hydrogen (secondary N) is 1. The molecule has 1 saturated heterocycles. The number of aromatic nitrogens is 1. The lowest BCUT2D eigenvalue weighted by Gasteiger charge is -2.34. The fourth-order valence-electron chi connectivity index (χ4n) is 4.09. The molecule has 0 radical (unpaired) electrons. The third kappa shape index (κ3) is 4.40. The number of rotatable bonds is 6. The van der Waals surface area contributed by atoms with E-state index in [4.69, 9.17) is 0 Å². The smallest absolute Gasteiger partial charge is 0.225 e. The molecule has 2 heterocycles. The highest BCUT2D eigenvalue weighted by molar-refractivity contribution is 7.88. The Morgan fingerprint density at radius 1 is 1.30 bits per heavy atom. The maximum Gasteiger partial charge on any atom is 0.225 e. The number of sulfonamides is 1. The van der Waals surface area contributed by atoms with Crippen molar-refractivity contribution in [1.82, 2.24) is 14.6 Å². The van der Waals surface area contributed by atoms with E-state index in [1.54, 1.807) is 10.3 Å². The van der Waals surface area contributed by atoms with Gasteiger partial charge in [-0.3, -0.25) is 4.79 Å². The van der Waals surface area contributed by atoms with Crippen molar-refractivity contribution in [1.29, 1.82) is 0 Å². The van der Waals surface area contributed by atoms with E-state index in [0.717, 1.165) is 31.6 Å². The molecular formula is C20H23F2N3O3S2. The van der Waals surface area contributed by atoms with Gasteiger partial charge in [-0.05, 0) is 31.4 Å². The lowest BCUT2D eigenvalue weighted by Crippen LogP contribution is -2.49. The number of carbonyl (C=O) groups is 1. The number of likely N-dealkylation sites (tertiary alicyclic amines) is 1. The van der Waals surface area contributed by atoms with Gasteiger partial charge in [-0.25, -0.2) is 26.9 Å². The Labute approximate surface area is 178 Å². The van der Waals surface area contributed by atoms with Crippen molar-refractivity contribution in [2.24, 2.45) is 5.92 Å². The van der Waals surface area contributed by atoms with Crippen molar-refractivity contribution in [3.63, 3.8) is 0 Å². The van der Waals surface area contributed by atoms with E-state index >= 15 is 0 Å². The highest BCUT2D eigenvalue weighted by atomic mass is 32.2. The summed E-state index contributed by atoms with van der Waals surface area (Å²) < 4.78 is 53.9. The van der Waals surface area contributed by atoms with Gasteiger partial charge in [0, 0.05) is 35.9 Å². The van der Waals surface area contributed by atoms with E-state index in [0.29, 0.717) is 30.1 Å². The van der Waals surface area contributed by atoms with Crippen molar-refractivity contribution in [2.75, 3.05) is 12.8 Å². The van der Waals surface area contributed by atoms with E-state index in [2.05, 4.69) is 9.71 Å². The summed E-state index contributed by atoms with van der Waals surface area (Å²) in [6.45, 7) is 0.489. The first-order valence-corrected chi connectivity index (χ1v) is 12.7. The van der Waals surface area contributed by atoms with Crippen LogP contribution in [0.1, 0.15) is 31.4 Å². The van der Waals surface area contributed by atoms with Crippen LogP contribution in [0, 0.1) is 17.6 Å². The fraction of sp³-hybridized carbons (Fsp3) is 0.500. The summed E-state index contributed by atoms with van der Waals surface area (Å²) in [6, 6.07) is 3.19. The Bertz CT molecular complexity index is 1050. The molecule has 162 valence electrons. The molecule has 2 aromatic rings. The number of nitrogens with zero attached hydrogens (tertiary/aromatic N) is 2. The van der Waals surface area contributed by atoms with Crippen molar-refractivity contribution in [2.45, 2.75) is 44.2 Å². The minimum absolute atomic E-state index is 0.0110. The summed E-state index contributed by atoms with van der Waals surface area (Å²) in [6.07, 6.45) is 4.76. The molecule has 1 aliphatic heterocycles. The highest BCUT2D eigenvalue weighted by Crippen LogP contribution is 2.33. The molecule has 2 unspecified atom stereocenters. The highest BCUT2D eigenvalue weighted by Gasteiger charge is 2.41. The molecule has 4 rings (SSSR count). The van der Waals surface area contributed by atoms with Gasteiger partial charge < -0.3 is 4.90 Å². The fourth-order valence-corrected chi connectivity index (χ4v) is 5.77. The summed E-state index contributed by atoms with van der Waals surface area (Å²) >= 11 is 1.19. The Morgan fingerprint density at radius 3 is 2.73 bits per heavy atom. The van der Waals surface area contributed by atoms with Gasteiger partial charge in [0.05, 0.1) is 18.0 Å². The molecule has 1 N–H and O–H groups in total. The number of amides is 1. The van der Waals surface area contributed by atoms with E-state index < -0.39 is 27.7 Å². The zero-order chi connectivity index (χ0) is 21.5. The molecule has 2 aliphatic rings. The molecule has 0 bridgehead atoms. The third-order valence-corrected chi connectivity index (χ3v) is 7.46. The first-order chi connectivity index (χ1) is 14.2. The standard InChI is InChI=1S/C20H23F2N3O3S2/c1-30(27,28)24-16-8-9-25(20(26)12-4-2-5-12)17(16)10-13-11-29-19(23-13)14-6-3-7-15(21)18(14)22/h3,6-7,11-12,16-17,24H,2,4-5,8-10H2,1H3. The Kier molecular flexibility index (Phi) is 5.91. The first-order valence-electron chi connectivity index (χ1n) is 9.89. The maximum absolute atomic E-state index is 14.1. The number of halogens is 2. The van der Waals surface area contributed by atoms with Crippen molar-refractivity contribution in [3.8, 4) is 10.6 Å². The first kappa shape index (κ1) is 21.3. The summed E-state index contributed by atoms with van der Waals surface area (Å²) in [5.41, 5.74) is 0.711. The number of thiazole rings is 1. The van der Waals surface area contributed by atoms with Crippen LogP contribution in [0.3, 0.4) is 0 Å². The van der Waals surface area contributed by atoms with Crippen LogP contribution in [0.5, 0.6) is 0 Å². The minimum atomic E-state index is -3.44. The van der Waals surface area contributed by atoms with Gasteiger partial charge in [-0.15, -0.1) is 11.3 Å². The largest absolute Gasteiger partial charge is 0.337 e. The lowest BCUT2D eigenvalue weighted by atomic mass is 9.84. The average Bonchev–Trinajstić information content (AvgIpc) is 3.23. The van der Waals surface area contributed by atoms with E-state index in [1.165, 1.54) is 23.5 Å². The molecule has 1 aromatic carbocycles. The second-order valence-electron chi connectivity index (χ2n) is 7.96. The number of benzene rings is 1. The van der Waals surface area contributed by atoms with Crippen LogP contribution >= 0.6 is 11.3 Å². The molecule has 6 nitrogen and oxygen atoms in total. The molecular weight excluding hydrogens is 432 g/mol. The van der Waals surface area contributed by atoms with E-state index in [1.807, 2.05) is 0 Å². The molecule has 2 fully saturated rings. The van der Waals surface area contributed by atoms with Gasteiger partial charge in [-0.1, -0.05) is 12.5 Å². The maximum atomic E-state index is 14.1. The Hall–Kier alpha value is -1.91. The van der Waals surface area contributed by atoms with Gasteiger partial charge in [0.15, 0.2) is 11.6 Å². The van der Waals surface area contributed by atoms with Crippen molar-refractivity contribution in [3.05, 3.63) is 40.9 Å². The summed E-state index contributed by atoms with van der Waals surface area (Å²) in [4.78, 5) is 19.1. The molecule has 30 heavy (non-hydrogen) atoms. The number of carbonyl (C=O) groups excluding carboxylic acids is 1. The lowest BCUT2D eigenvalue weighted by molar-refractivity contribution is -0.139. The Morgan fingerprint density at radius 2 is 2.07 bits per heavy atom. The number of hydrogen-bond acceptors (Lipinski definition) is 5. The van der Waals surface area contributed by atoms with Crippen LogP contribution < -0.4 is 4.72 Å². The third-order valence-electron chi connectivity index (χ3n) is 5.80. The van der Waals surface area contributed by atoms with Crippen molar-refractivity contribution >= 4 is 27.3 Å². The zero-order valence-corrected chi connectivity index (χ0v) is 18.1. The van der Waals surface area contributed by atoms with Gasteiger partial charge >= 0.3 is 0 Å². The van der Waals surface area contributed by atoms with Gasteiger partial charge in [0.2, 0.25) is 15.9 Å². The SMILES string of the molecule is CS(=O)(=O)NC1CCN(C(=O)C2CCC2)C1Cc1csc(-c2cccc(F)c2F)n1. The van der Waals surface area contributed by atoms with Crippen LogP contribution in [0.15, 0.2) is 23.6 Å². The monoisotopic (exact) mass is 455 g/mol. The van der Waals surface area contributed by atoms with Crippen LogP contribution in [0.2, 0.25) is 0 Å². The average molecular weight is 456 g/mol. The van der Waals surface area contributed by atoms with Gasteiger partial charge in [0.1, 0.15) is 5.01 Å². The molecule has 2 atom stereocenters. The molecule has 1 saturated carbocycles. The molecule has 1 aliphatic carbocycles. The zero-order valence-electron chi connectivity index (χ0n) is 16.5. The second kappa shape index (κ2) is 8.32. The Balaban J connectivity index is 1.58. The van der Waals surface area contributed by atoms with Crippen LogP contribution in [0.4, 0.5) is 8.78 Å². The van der Waals surface area contributed by atoms with Gasteiger partial charge in [-0.2, -0.15) is 0 Å². The predicted molar refractivity (Wildman–Crippen MR) is 110 cm³/mol. The molecule has 0 spiro atoms. The van der Waals surface area contributed by atoms with Crippen molar-refractivity contribution < 1.29 is 22.0 Å². The van der Waals surface area contributed by atoms with Gasteiger partial charge in [0.25, 0.3) is 0 Å². The minimum Gasteiger partial charge on any atom is -0.337 e. The molecule has 10 heteroatoms. The summed E-state index contributed by atoms with van der Waals surface area (Å²) in [5, 5.41) is 2.10. The quantitative estimate of drug-likeness (QED) is 0.726. The van der Waals surface area contributed by atoms with Crippen LogP contribution in [-0.4, -0.2) is 49.1 Å². The summed E-state index contributed by atoms with van der Waals surface area (Å²) in [5.74, 6) is -1.81. The van der Waals surface area contributed by atoms with Crippen LogP contribution in [0.25, 0.3) is 10.6 Å². The molecule has 1 amide bonds. The van der Waals surface area contributed by atoms with E-state index in [9.17, 15) is 22.0 Å². The van der Waals surface area contributed by atoms with E-state index in [-0.39, 0.29) is 23.4 Å². The predicted octanol–water partition coefficient (Wildman–Crippen LogP) is 2.95. The van der Waals surface area contributed by atoms with Crippen LogP contribution in [-0.2, 0) is 21.2 Å².